The number of halogens is 1. The number of hydrogen-bond donors (Lipinski definition) is 1. The molecular formula is C23H13ClN6O9. The van der Waals surface area contributed by atoms with E-state index in [4.69, 9.17) is 11.6 Å². The molecule has 1 aliphatic heterocycles. The van der Waals surface area contributed by atoms with Crippen LogP contribution in [0, 0.1) is 36.3 Å². The number of carbonyl (C=O) groups excluding carboxylic acids is 3. The van der Waals surface area contributed by atoms with Crippen LogP contribution in [0.1, 0.15) is 5.56 Å². The highest BCUT2D eigenvalue weighted by atomic mass is 35.5. The average molecular weight is 553 g/mol. The number of nitro benzene ring substituents is 3. The van der Waals surface area contributed by atoms with Crippen LogP contribution in [-0.2, 0) is 14.4 Å². The highest BCUT2D eigenvalue weighted by Gasteiger charge is 2.46. The molecule has 15 nitrogen and oxygen atoms in total. The lowest BCUT2D eigenvalue weighted by molar-refractivity contribution is -0.393. The number of nitrogens with zero attached hydrogens (tertiary/aromatic N) is 5. The summed E-state index contributed by atoms with van der Waals surface area (Å²) >= 11 is 5.98. The third kappa shape index (κ3) is 5.14. The van der Waals surface area contributed by atoms with Gasteiger partial charge in [-0.1, -0.05) is 41.9 Å². The number of Topliss-reactive ketones (excluding diaryl/α,β-unsaturated/α-hetero) is 1. The van der Waals surface area contributed by atoms with E-state index in [-0.39, 0.29) is 27.7 Å². The lowest BCUT2D eigenvalue weighted by Crippen LogP contribution is -2.39. The van der Waals surface area contributed by atoms with E-state index in [0.29, 0.717) is 11.1 Å². The summed E-state index contributed by atoms with van der Waals surface area (Å²) in [4.78, 5) is 70.7. The molecule has 196 valence electrons. The Morgan fingerprint density at radius 2 is 1.49 bits per heavy atom. The van der Waals surface area contributed by atoms with Gasteiger partial charge in [0.2, 0.25) is 5.78 Å². The highest BCUT2D eigenvalue weighted by molar-refractivity contribution is 6.52. The number of rotatable bonds is 8. The third-order valence-corrected chi connectivity index (χ3v) is 5.81. The Hall–Kier alpha value is -5.57. The summed E-state index contributed by atoms with van der Waals surface area (Å²) in [6, 6.07) is 13.3. The quantitative estimate of drug-likeness (QED) is 0.187. The van der Waals surface area contributed by atoms with Crippen LogP contribution in [0.4, 0.5) is 28.4 Å². The molecule has 16 heteroatoms. The van der Waals surface area contributed by atoms with Crippen molar-refractivity contribution in [3.05, 3.63) is 108 Å². The number of carbonyl (C=O) groups is 3. The van der Waals surface area contributed by atoms with Crippen LogP contribution in [0.25, 0.3) is 0 Å². The van der Waals surface area contributed by atoms with Gasteiger partial charge in [0.1, 0.15) is 5.69 Å². The van der Waals surface area contributed by atoms with Crippen molar-refractivity contribution in [2.24, 2.45) is 11.0 Å². The van der Waals surface area contributed by atoms with Gasteiger partial charge < -0.3 is 5.32 Å². The van der Waals surface area contributed by atoms with Crippen LogP contribution < -0.4 is 10.3 Å². The van der Waals surface area contributed by atoms with Gasteiger partial charge in [0.25, 0.3) is 23.2 Å². The van der Waals surface area contributed by atoms with Gasteiger partial charge in [-0.05, 0) is 17.7 Å². The van der Waals surface area contributed by atoms with Crippen molar-refractivity contribution in [3.63, 3.8) is 0 Å². The first-order valence-corrected chi connectivity index (χ1v) is 11.1. The van der Waals surface area contributed by atoms with E-state index < -0.39 is 55.3 Å². The van der Waals surface area contributed by atoms with E-state index in [0.717, 1.165) is 30.3 Å². The number of nitro groups is 3. The van der Waals surface area contributed by atoms with Crippen molar-refractivity contribution in [2.45, 2.75) is 0 Å². The summed E-state index contributed by atoms with van der Waals surface area (Å²) in [6.45, 7) is 0. The fraction of sp³-hybridized carbons (Fsp3) is 0.0435. The first-order valence-electron chi connectivity index (χ1n) is 10.7. The minimum Gasteiger partial charge on any atom is -0.318 e. The average Bonchev–Trinajstić information content (AvgIpc) is 3.25. The molecule has 3 aromatic carbocycles. The fourth-order valence-corrected chi connectivity index (χ4v) is 3.90. The van der Waals surface area contributed by atoms with Gasteiger partial charge in [-0.15, -0.1) is 0 Å². The Kier molecular flexibility index (Phi) is 7.08. The molecule has 0 unspecified atom stereocenters. The molecule has 1 heterocycles. The van der Waals surface area contributed by atoms with Crippen LogP contribution >= 0.6 is 11.6 Å². The topological polar surface area (TPSA) is 208 Å². The van der Waals surface area contributed by atoms with Gasteiger partial charge in [0, 0.05) is 18.2 Å². The monoisotopic (exact) mass is 552 g/mol. The number of benzene rings is 3. The summed E-state index contributed by atoms with van der Waals surface area (Å²) in [5, 5.41) is 40.2. The second kappa shape index (κ2) is 10.4. The van der Waals surface area contributed by atoms with Crippen LogP contribution in [0.3, 0.4) is 0 Å². The Labute approximate surface area is 221 Å². The Bertz CT molecular complexity index is 1610. The SMILES string of the molecule is O=C(Nc1ccc([N+](=O)[O-])cc1Cl)C(=O)[C@H]1C(=O)N(c2ccc([N+](=O)[O-])cc2[N+](=O)[O-])N=C1c1ccccc1. The second-order valence-corrected chi connectivity index (χ2v) is 8.27. The van der Waals surface area contributed by atoms with Crippen molar-refractivity contribution >= 4 is 63.3 Å². The van der Waals surface area contributed by atoms with E-state index in [1.807, 2.05) is 0 Å². The van der Waals surface area contributed by atoms with E-state index in [2.05, 4.69) is 10.4 Å². The Morgan fingerprint density at radius 1 is 0.872 bits per heavy atom. The van der Waals surface area contributed by atoms with Gasteiger partial charge in [0.05, 0.1) is 37.3 Å². The lowest BCUT2D eigenvalue weighted by Gasteiger charge is -2.14. The molecule has 0 aromatic heterocycles. The van der Waals surface area contributed by atoms with Crippen LogP contribution in [0.2, 0.25) is 5.02 Å². The summed E-state index contributed by atoms with van der Waals surface area (Å²) < 4.78 is 0. The summed E-state index contributed by atoms with van der Waals surface area (Å²) in [5.41, 5.74) is -2.37. The zero-order chi connectivity index (χ0) is 28.4. The Balaban J connectivity index is 1.73. The summed E-state index contributed by atoms with van der Waals surface area (Å²) in [5.74, 6) is -5.59. The standard InChI is InChI=1S/C23H13ClN6O9/c24-15-10-13(28(34)35)6-8-16(15)25-22(32)21(31)19-20(12-4-2-1-3-5-12)26-27(23(19)33)17-9-7-14(29(36)37)11-18(17)30(38)39/h1-11,19H,(H,25,32)/t19-/m0/s1. The molecule has 4 rings (SSSR count). The van der Waals surface area contributed by atoms with Crippen molar-refractivity contribution < 1.29 is 29.2 Å². The third-order valence-electron chi connectivity index (χ3n) is 5.50. The lowest BCUT2D eigenvalue weighted by atomic mass is 9.92. The molecule has 1 atom stereocenters. The molecule has 2 amide bonds. The van der Waals surface area contributed by atoms with Crippen LogP contribution in [-0.4, -0.2) is 38.1 Å². The van der Waals surface area contributed by atoms with Gasteiger partial charge in [-0.25, -0.2) is 0 Å². The maximum atomic E-state index is 13.4. The molecule has 0 bridgehead atoms. The number of nitrogens with one attached hydrogen (secondary N) is 1. The number of anilines is 2. The number of hydrogen-bond acceptors (Lipinski definition) is 10. The zero-order valence-electron chi connectivity index (χ0n) is 19.2. The molecule has 1 N–H and O–H groups in total. The maximum absolute atomic E-state index is 13.4. The minimum atomic E-state index is -1.85. The molecule has 0 spiro atoms. The molecule has 0 fully saturated rings. The van der Waals surface area contributed by atoms with Crippen molar-refractivity contribution in [1.29, 1.82) is 0 Å². The van der Waals surface area contributed by atoms with Gasteiger partial charge in [-0.2, -0.15) is 10.1 Å². The smallest absolute Gasteiger partial charge is 0.301 e. The molecule has 3 aromatic rings. The van der Waals surface area contributed by atoms with E-state index in [1.165, 1.54) is 12.1 Å². The van der Waals surface area contributed by atoms with Gasteiger partial charge in [-0.3, -0.25) is 44.7 Å². The molecule has 0 aliphatic carbocycles. The van der Waals surface area contributed by atoms with Gasteiger partial charge >= 0.3 is 5.69 Å². The predicted octanol–water partition coefficient (Wildman–Crippen LogP) is 3.64. The number of non-ortho nitro benzene ring substituents is 2. The number of hydrazone groups is 1. The molecular weight excluding hydrogens is 540 g/mol. The van der Waals surface area contributed by atoms with E-state index in [9.17, 15) is 44.7 Å². The largest absolute Gasteiger partial charge is 0.318 e. The molecule has 0 radical (unpaired) electrons. The normalized spacial score (nSPS) is 14.5. The van der Waals surface area contributed by atoms with E-state index >= 15 is 0 Å². The first kappa shape index (κ1) is 26.5. The van der Waals surface area contributed by atoms with Crippen molar-refractivity contribution in [1.82, 2.24) is 0 Å². The molecule has 1 aliphatic rings. The molecule has 0 saturated heterocycles. The fourth-order valence-electron chi connectivity index (χ4n) is 3.68. The van der Waals surface area contributed by atoms with Gasteiger partial charge in [0.15, 0.2) is 5.92 Å². The van der Waals surface area contributed by atoms with Crippen molar-refractivity contribution in [3.8, 4) is 0 Å². The summed E-state index contributed by atoms with van der Waals surface area (Å²) in [6.07, 6.45) is 0. The highest BCUT2D eigenvalue weighted by Crippen LogP contribution is 2.36. The maximum Gasteiger partial charge on any atom is 0.301 e. The minimum absolute atomic E-state index is 0.146. The van der Waals surface area contributed by atoms with Crippen molar-refractivity contribution in [2.75, 3.05) is 10.3 Å². The zero-order valence-corrected chi connectivity index (χ0v) is 20.0. The second-order valence-electron chi connectivity index (χ2n) is 7.86. The van der Waals surface area contributed by atoms with Crippen LogP contribution in [0.15, 0.2) is 71.8 Å². The first-order chi connectivity index (χ1) is 18.5. The number of ketones is 1. The number of amides is 2. The van der Waals surface area contributed by atoms with E-state index in [1.54, 1.807) is 18.2 Å². The molecule has 39 heavy (non-hydrogen) atoms. The Morgan fingerprint density at radius 3 is 2.08 bits per heavy atom. The predicted molar refractivity (Wildman–Crippen MR) is 135 cm³/mol. The van der Waals surface area contributed by atoms with Crippen LogP contribution in [0.5, 0.6) is 0 Å². The molecule has 0 saturated carbocycles. The summed E-state index contributed by atoms with van der Waals surface area (Å²) in [7, 11) is 0.